The van der Waals surface area contributed by atoms with Crippen molar-refractivity contribution in [3.05, 3.63) is 335 Å². The molecule has 0 aromatic heterocycles. The Morgan fingerprint density at radius 1 is 0.275 bits per heavy atom. The first-order valence-electron chi connectivity index (χ1n) is 39.2. The fourth-order valence-electron chi connectivity index (χ4n) is 17.9. The predicted octanol–water partition coefficient (Wildman–Crippen LogP) is 13.6. The summed E-state index contributed by atoms with van der Waals surface area (Å²) in [5.41, 5.74) is 19.7. The number of benzene rings is 7. The molecule has 0 spiro atoms. The molecule has 0 amide bonds. The lowest BCUT2D eigenvalue weighted by Gasteiger charge is -2.12. The molecule has 120 heavy (non-hydrogen) atoms. The first-order valence-corrected chi connectivity index (χ1v) is 39.2. The maximum Gasteiger partial charge on any atom is 0.342 e. The Balaban J connectivity index is 0.000000103. The fraction of sp³-hybridized carbons (Fsp3) is 0.277. The molecule has 608 valence electrons. The molecule has 15 aliphatic rings. The second-order valence-electron chi connectivity index (χ2n) is 31.0. The molecular formula is C94H76O26. The number of hydrogen-bond donors (Lipinski definition) is 0. The number of carbonyl (C=O) groups is 10. The van der Waals surface area contributed by atoms with Gasteiger partial charge >= 0.3 is 59.7 Å². The molecule has 10 heterocycles. The molecule has 26 nitrogen and oxygen atoms in total. The van der Waals surface area contributed by atoms with E-state index >= 15 is 0 Å². The lowest BCUT2D eigenvalue weighted by Crippen LogP contribution is -2.11. The van der Waals surface area contributed by atoms with E-state index in [2.05, 4.69) is 24.3 Å². The van der Waals surface area contributed by atoms with Crippen molar-refractivity contribution >= 4 is 59.7 Å². The van der Waals surface area contributed by atoms with E-state index in [9.17, 15) is 47.9 Å². The summed E-state index contributed by atoms with van der Waals surface area (Å²) >= 11 is 0. The topological polar surface area (TPSA) is 318 Å². The highest BCUT2D eigenvalue weighted by Gasteiger charge is 2.53. The number of rotatable bonds is 11. The Bertz CT molecular complexity index is 5540. The molecule has 5 aliphatic carbocycles. The lowest BCUT2D eigenvalue weighted by molar-refractivity contribution is -0.153. The van der Waals surface area contributed by atoms with E-state index in [-0.39, 0.29) is 84.0 Å². The van der Waals surface area contributed by atoms with Crippen LogP contribution in [0.15, 0.2) is 246 Å². The fourth-order valence-corrected chi connectivity index (χ4v) is 17.9. The third-order valence-corrected chi connectivity index (χ3v) is 23.9. The van der Waals surface area contributed by atoms with E-state index in [1.165, 1.54) is 53.6 Å². The maximum atomic E-state index is 12.2. The van der Waals surface area contributed by atoms with E-state index in [0.29, 0.717) is 73.3 Å². The summed E-state index contributed by atoms with van der Waals surface area (Å²) < 4.78 is 86.3. The molecule has 0 bridgehead atoms. The second kappa shape index (κ2) is 31.4. The van der Waals surface area contributed by atoms with Crippen molar-refractivity contribution in [2.45, 2.75) is 129 Å². The molecule has 5 fully saturated rings. The van der Waals surface area contributed by atoms with Gasteiger partial charge in [0.25, 0.3) is 31.5 Å². The largest absolute Gasteiger partial charge is 0.496 e. The summed E-state index contributed by atoms with van der Waals surface area (Å²) in [4.78, 5) is 119. The molecule has 7 aromatic rings. The number of carbonyl (C=O) groups excluding carboxylic acids is 10. The van der Waals surface area contributed by atoms with Gasteiger partial charge in [0.15, 0.2) is 0 Å². The maximum absolute atomic E-state index is 12.2. The molecule has 5 saturated heterocycles. The zero-order chi connectivity index (χ0) is 83.1. The van der Waals surface area contributed by atoms with Crippen molar-refractivity contribution in [2.75, 3.05) is 7.11 Å². The van der Waals surface area contributed by atoms with Gasteiger partial charge in [-0.3, -0.25) is 0 Å². The Kier molecular flexibility index (Phi) is 20.2. The van der Waals surface area contributed by atoms with Crippen molar-refractivity contribution in [1.29, 1.82) is 0 Å². The van der Waals surface area contributed by atoms with Crippen molar-refractivity contribution < 1.29 is 124 Å². The van der Waals surface area contributed by atoms with E-state index in [4.69, 9.17) is 75.8 Å². The summed E-state index contributed by atoms with van der Waals surface area (Å²) in [5.74, 6) is -3.52. The van der Waals surface area contributed by atoms with Crippen LogP contribution in [0.2, 0.25) is 0 Å². The molecule has 22 rings (SSSR count). The number of esters is 10. The number of fused-ring (bicyclic) bond motifs is 17. The van der Waals surface area contributed by atoms with Crippen LogP contribution in [-0.2, 0) is 142 Å². The average molecular weight is 1620 g/mol. The molecule has 0 radical (unpaired) electrons. The van der Waals surface area contributed by atoms with Crippen LogP contribution in [-0.4, -0.2) is 85.7 Å². The molecule has 0 unspecified atom stereocenters. The molecule has 7 aromatic carbocycles. The van der Waals surface area contributed by atoms with Crippen LogP contribution >= 0.6 is 0 Å². The number of hydrogen-bond acceptors (Lipinski definition) is 26. The van der Waals surface area contributed by atoms with Crippen molar-refractivity contribution in [2.24, 2.45) is 29.6 Å². The van der Waals surface area contributed by atoms with Crippen LogP contribution in [0.1, 0.15) is 162 Å². The van der Waals surface area contributed by atoms with Gasteiger partial charge in [-0.1, -0.05) is 133 Å². The SMILES string of the molecule is CC1=C[C@H](O/C=C2/C(=O)O[C@@H]3c4c(C)cccc4C[C@H]23)OC1=O.CC1=C[C@H](O/C=C2/C(=O)O[C@H]3c4c(C)cccc4C[C@@H]23)OC1=O.COc1cccc2c1[C@H]1OC(=O)/C(=C/O[C@H]3C=C(C)C(=O)O3)[C@H]1C2.O=C1O[C@@H]2c3ccccc3C[C@@H]2/C1=C\O[C@@H]1OC(=O)c2ccccc21.O=C1O[C@H]2c3ccccc3C[C@H]2/C1=C\O[C@@H]1OC(=O)c2ccccc21. The Morgan fingerprint density at radius 2 is 0.567 bits per heavy atom. The highest BCUT2D eigenvalue weighted by molar-refractivity contribution is 5.97. The summed E-state index contributed by atoms with van der Waals surface area (Å²) in [5, 5.41) is 0. The summed E-state index contributed by atoms with van der Waals surface area (Å²) in [6, 6.07) is 48.1. The minimum atomic E-state index is -0.827. The van der Waals surface area contributed by atoms with Gasteiger partial charge in [0.1, 0.15) is 36.3 Å². The van der Waals surface area contributed by atoms with E-state index in [0.717, 1.165) is 75.9 Å². The molecule has 26 heteroatoms. The quantitative estimate of drug-likeness (QED) is 0.0502. The number of cyclic esters (lactones) is 5. The van der Waals surface area contributed by atoms with Crippen LogP contribution in [0.3, 0.4) is 0 Å². The number of aryl methyl sites for hydroxylation is 2. The van der Waals surface area contributed by atoms with Gasteiger partial charge in [0.2, 0.25) is 0 Å². The van der Waals surface area contributed by atoms with Gasteiger partial charge in [-0.2, -0.15) is 0 Å². The number of methoxy groups -OCH3 is 1. The van der Waals surface area contributed by atoms with Crippen molar-refractivity contribution in [3.63, 3.8) is 0 Å². The Morgan fingerprint density at radius 3 is 0.925 bits per heavy atom. The smallest absolute Gasteiger partial charge is 0.342 e. The van der Waals surface area contributed by atoms with Crippen molar-refractivity contribution in [3.8, 4) is 5.75 Å². The van der Waals surface area contributed by atoms with Gasteiger partial charge < -0.3 is 75.8 Å². The third-order valence-electron chi connectivity index (χ3n) is 23.9. The van der Waals surface area contributed by atoms with Crippen LogP contribution in [0.4, 0.5) is 0 Å². The van der Waals surface area contributed by atoms with E-state index < -0.39 is 67.3 Å². The summed E-state index contributed by atoms with van der Waals surface area (Å²) in [6.45, 7) is 9.03. The van der Waals surface area contributed by atoms with E-state index in [1.54, 1.807) is 82.5 Å². The lowest BCUT2D eigenvalue weighted by atomic mass is 9.97. The standard InChI is InChI=1S/2C20H14O5.C18H16O6.2C18H16O5/c2*21-18-13-7-3-4-8-14(13)20(25-18)23-10-16-15-9-11-5-1-2-6-12(11)17(15)24-19(16)22;1-9-6-14(23-17(9)19)22-8-12-11-7-10-4-3-5-13(21-2)15(10)16(11)24-18(12)20;2*1-9-4-3-5-11-7-12-13(18(20)23-16(12)15(9)11)8-21-14-6-10(2)17(19)22-14/h2*1-8,10,15,17,20H,9H2;3-6,8,11,14,16H,7H2,1-2H3;2*3-6,8,12,14,16H,7H2,1-2H3/b2*16-10+;12-8+;2*13-8+/t15-,17-,20+;15-,17-,20-;11-,14-,16+;12-,14+,16+;12-,14-,16+/m01101/s1. The Labute approximate surface area is 686 Å². The molecule has 0 saturated carbocycles. The van der Waals surface area contributed by atoms with Crippen LogP contribution in [0.25, 0.3) is 0 Å². The van der Waals surface area contributed by atoms with Gasteiger partial charge in [0, 0.05) is 81.2 Å². The van der Waals surface area contributed by atoms with Gasteiger partial charge in [0.05, 0.1) is 77.4 Å². The highest BCUT2D eigenvalue weighted by atomic mass is 16.7. The van der Waals surface area contributed by atoms with Crippen LogP contribution in [0, 0.1) is 43.4 Å². The third kappa shape index (κ3) is 14.2. The van der Waals surface area contributed by atoms with Gasteiger partial charge in [-0.15, -0.1) is 0 Å². The average Bonchev–Trinajstić information content (AvgIpc) is 1.61. The van der Waals surface area contributed by atoms with Gasteiger partial charge in [-0.25, -0.2) is 47.9 Å². The molecule has 15 atom stereocenters. The first-order chi connectivity index (χ1) is 58.1. The van der Waals surface area contributed by atoms with Crippen molar-refractivity contribution in [1.82, 2.24) is 0 Å². The number of ether oxygens (including phenoxy) is 16. The highest BCUT2D eigenvalue weighted by Crippen LogP contribution is 2.55. The normalized spacial score (nSPS) is 28.7. The van der Waals surface area contributed by atoms with E-state index in [1.807, 2.05) is 105 Å². The monoisotopic (exact) mass is 1620 g/mol. The van der Waals surface area contributed by atoms with Gasteiger partial charge in [-0.05, 0) is 146 Å². The molecule has 0 N–H and O–H groups in total. The van der Waals surface area contributed by atoms with Crippen LogP contribution < -0.4 is 4.74 Å². The summed E-state index contributed by atoms with van der Waals surface area (Å²) in [7, 11) is 1.60. The molecular weight excluding hydrogens is 1550 g/mol. The first kappa shape index (κ1) is 77.2. The zero-order valence-corrected chi connectivity index (χ0v) is 65.4. The summed E-state index contributed by atoms with van der Waals surface area (Å²) in [6.07, 6.45) is 10.0. The molecule has 10 aliphatic heterocycles. The minimum absolute atomic E-state index is 0.0409. The second-order valence-corrected chi connectivity index (χ2v) is 31.0. The van der Waals surface area contributed by atoms with Crippen LogP contribution in [0.5, 0.6) is 5.75 Å². The minimum Gasteiger partial charge on any atom is -0.496 e. The zero-order valence-electron chi connectivity index (χ0n) is 65.4. The predicted molar refractivity (Wildman–Crippen MR) is 414 cm³/mol. The Hall–Kier alpha value is -14.0.